The van der Waals surface area contributed by atoms with Gasteiger partial charge in [0.05, 0.1) is 19.0 Å². The van der Waals surface area contributed by atoms with Crippen LogP contribution in [0.3, 0.4) is 0 Å². The van der Waals surface area contributed by atoms with Crippen molar-refractivity contribution in [2.75, 3.05) is 20.2 Å². The summed E-state index contributed by atoms with van der Waals surface area (Å²) in [6.07, 6.45) is 5.66. The molecule has 2 aromatic rings. The van der Waals surface area contributed by atoms with Gasteiger partial charge in [0.25, 0.3) is 0 Å². The lowest BCUT2D eigenvalue weighted by Crippen LogP contribution is -2.38. The second kappa shape index (κ2) is 8.06. The molecule has 0 N–H and O–H groups in total. The fraction of sp³-hybridized carbons (Fsp3) is 0.529. The Morgan fingerprint density at radius 2 is 2.16 bits per heavy atom. The lowest BCUT2D eigenvalue weighted by Gasteiger charge is -2.31. The van der Waals surface area contributed by atoms with Crippen molar-refractivity contribution in [1.82, 2.24) is 24.9 Å². The zero-order valence-corrected chi connectivity index (χ0v) is 14.6. The standard InChI is InChI=1S/C17H23N5O3/c1-13-3-6-18-16(9-13)25-15-4-7-21(8-5-15)10-14-11-22(20-19-14)12-17(23)24-2/h3,6,9,11,15H,4-5,7-8,10,12H2,1-2H3. The van der Waals surface area contributed by atoms with Gasteiger partial charge in [-0.05, 0) is 31.4 Å². The molecule has 134 valence electrons. The van der Waals surface area contributed by atoms with Gasteiger partial charge < -0.3 is 9.47 Å². The first-order chi connectivity index (χ1) is 12.1. The Labute approximate surface area is 146 Å². The quantitative estimate of drug-likeness (QED) is 0.728. The third-order valence-electron chi connectivity index (χ3n) is 4.20. The van der Waals surface area contributed by atoms with Gasteiger partial charge in [-0.2, -0.15) is 0 Å². The number of pyridine rings is 1. The summed E-state index contributed by atoms with van der Waals surface area (Å²) in [7, 11) is 1.36. The molecule has 0 amide bonds. The smallest absolute Gasteiger partial charge is 0.327 e. The van der Waals surface area contributed by atoms with Crippen molar-refractivity contribution in [3.63, 3.8) is 0 Å². The van der Waals surface area contributed by atoms with Gasteiger partial charge in [-0.25, -0.2) is 9.67 Å². The molecule has 1 fully saturated rings. The lowest BCUT2D eigenvalue weighted by molar-refractivity contribution is -0.141. The number of hydrogen-bond donors (Lipinski definition) is 0. The molecule has 3 heterocycles. The predicted molar refractivity (Wildman–Crippen MR) is 89.9 cm³/mol. The molecule has 25 heavy (non-hydrogen) atoms. The minimum atomic E-state index is -0.334. The van der Waals surface area contributed by atoms with Crippen LogP contribution in [-0.4, -0.2) is 57.2 Å². The molecule has 3 rings (SSSR count). The summed E-state index contributed by atoms with van der Waals surface area (Å²) < 4.78 is 12.1. The van der Waals surface area contributed by atoms with Crippen LogP contribution in [0.1, 0.15) is 24.1 Å². The first-order valence-corrected chi connectivity index (χ1v) is 8.40. The number of ether oxygens (including phenoxy) is 2. The number of methoxy groups -OCH3 is 1. The van der Waals surface area contributed by atoms with Gasteiger partial charge in [0.15, 0.2) is 0 Å². The Bertz CT molecular complexity index is 710. The molecule has 0 atom stereocenters. The molecule has 2 aromatic heterocycles. The highest BCUT2D eigenvalue weighted by atomic mass is 16.5. The van der Waals surface area contributed by atoms with E-state index in [4.69, 9.17) is 4.74 Å². The number of rotatable bonds is 6. The van der Waals surface area contributed by atoms with Gasteiger partial charge in [0.1, 0.15) is 12.6 Å². The van der Waals surface area contributed by atoms with E-state index >= 15 is 0 Å². The third kappa shape index (κ3) is 4.99. The van der Waals surface area contributed by atoms with Crippen molar-refractivity contribution in [2.24, 2.45) is 0 Å². The summed E-state index contributed by atoms with van der Waals surface area (Å²) in [5.41, 5.74) is 2.00. The summed E-state index contributed by atoms with van der Waals surface area (Å²) >= 11 is 0. The van der Waals surface area contributed by atoms with Gasteiger partial charge >= 0.3 is 5.97 Å². The summed E-state index contributed by atoms with van der Waals surface area (Å²) in [5.74, 6) is 0.364. The van der Waals surface area contributed by atoms with E-state index in [2.05, 4.69) is 24.9 Å². The van der Waals surface area contributed by atoms with E-state index in [-0.39, 0.29) is 18.6 Å². The van der Waals surface area contributed by atoms with Crippen LogP contribution in [0.4, 0.5) is 0 Å². The zero-order chi connectivity index (χ0) is 17.6. The molecular weight excluding hydrogens is 322 g/mol. The minimum Gasteiger partial charge on any atom is -0.474 e. The van der Waals surface area contributed by atoms with Crippen molar-refractivity contribution in [2.45, 2.75) is 39.0 Å². The van der Waals surface area contributed by atoms with Gasteiger partial charge in [-0.3, -0.25) is 9.69 Å². The SMILES string of the molecule is COC(=O)Cn1cc(CN2CCC(Oc3cc(C)ccn3)CC2)nn1. The third-order valence-corrected chi connectivity index (χ3v) is 4.20. The second-order valence-corrected chi connectivity index (χ2v) is 6.25. The second-order valence-electron chi connectivity index (χ2n) is 6.25. The van der Waals surface area contributed by atoms with Crippen LogP contribution in [0.5, 0.6) is 5.88 Å². The predicted octanol–water partition coefficient (Wildman–Crippen LogP) is 1.20. The summed E-state index contributed by atoms with van der Waals surface area (Å²) in [6, 6.07) is 3.93. The largest absolute Gasteiger partial charge is 0.474 e. The van der Waals surface area contributed by atoms with Gasteiger partial charge in [-0.15, -0.1) is 5.10 Å². The van der Waals surface area contributed by atoms with E-state index in [1.165, 1.54) is 11.8 Å². The van der Waals surface area contributed by atoms with Crippen LogP contribution in [0.25, 0.3) is 0 Å². The molecule has 0 radical (unpaired) electrons. The van der Waals surface area contributed by atoms with E-state index < -0.39 is 0 Å². The van der Waals surface area contributed by atoms with Gasteiger partial charge in [0, 0.05) is 31.9 Å². The molecule has 0 unspecified atom stereocenters. The molecular formula is C17H23N5O3. The Balaban J connectivity index is 1.45. The number of aromatic nitrogens is 4. The topological polar surface area (TPSA) is 82.4 Å². The number of piperidine rings is 1. The molecule has 1 saturated heterocycles. The van der Waals surface area contributed by atoms with Crippen LogP contribution in [0.15, 0.2) is 24.5 Å². The van der Waals surface area contributed by atoms with Crippen molar-refractivity contribution >= 4 is 5.97 Å². The van der Waals surface area contributed by atoms with Crippen molar-refractivity contribution < 1.29 is 14.3 Å². The monoisotopic (exact) mass is 345 g/mol. The number of aryl methyl sites for hydroxylation is 1. The highest BCUT2D eigenvalue weighted by Crippen LogP contribution is 2.18. The van der Waals surface area contributed by atoms with Crippen molar-refractivity contribution in [3.05, 3.63) is 35.8 Å². The summed E-state index contributed by atoms with van der Waals surface area (Å²) in [6.45, 7) is 4.70. The zero-order valence-electron chi connectivity index (χ0n) is 14.6. The maximum Gasteiger partial charge on any atom is 0.327 e. The van der Waals surface area contributed by atoms with Crippen LogP contribution >= 0.6 is 0 Å². The first-order valence-electron chi connectivity index (χ1n) is 8.40. The Morgan fingerprint density at radius 1 is 1.36 bits per heavy atom. The Hall–Kier alpha value is -2.48. The summed E-state index contributed by atoms with van der Waals surface area (Å²) in [5, 5.41) is 8.07. The van der Waals surface area contributed by atoms with Crippen LogP contribution in [0.2, 0.25) is 0 Å². The highest BCUT2D eigenvalue weighted by Gasteiger charge is 2.21. The van der Waals surface area contributed by atoms with Crippen molar-refractivity contribution in [3.8, 4) is 5.88 Å². The fourth-order valence-electron chi connectivity index (χ4n) is 2.84. The van der Waals surface area contributed by atoms with Gasteiger partial charge in [-0.1, -0.05) is 5.21 Å². The number of hydrogen-bond acceptors (Lipinski definition) is 7. The maximum absolute atomic E-state index is 11.2. The molecule has 8 heteroatoms. The molecule has 1 aliphatic heterocycles. The average Bonchev–Trinajstić information content (AvgIpc) is 3.03. The van der Waals surface area contributed by atoms with Crippen LogP contribution < -0.4 is 4.74 Å². The fourth-order valence-corrected chi connectivity index (χ4v) is 2.84. The Morgan fingerprint density at radius 3 is 2.88 bits per heavy atom. The van der Waals surface area contributed by atoms with Crippen LogP contribution in [-0.2, 0) is 22.6 Å². The van der Waals surface area contributed by atoms with E-state index in [0.29, 0.717) is 5.88 Å². The van der Waals surface area contributed by atoms with Crippen molar-refractivity contribution in [1.29, 1.82) is 0 Å². The first kappa shape index (κ1) is 17.3. The number of carbonyl (C=O) groups is 1. The number of esters is 1. The maximum atomic E-state index is 11.2. The van der Waals surface area contributed by atoms with E-state index in [9.17, 15) is 4.79 Å². The lowest BCUT2D eigenvalue weighted by atomic mass is 10.1. The Kier molecular flexibility index (Phi) is 5.60. The highest BCUT2D eigenvalue weighted by molar-refractivity contribution is 5.68. The molecule has 0 aliphatic carbocycles. The minimum absolute atomic E-state index is 0.0862. The van der Waals surface area contributed by atoms with E-state index in [1.807, 2.05) is 19.1 Å². The van der Waals surface area contributed by atoms with E-state index in [1.54, 1.807) is 12.4 Å². The average molecular weight is 345 g/mol. The summed E-state index contributed by atoms with van der Waals surface area (Å²) in [4.78, 5) is 17.8. The molecule has 0 spiro atoms. The number of carbonyl (C=O) groups excluding carboxylic acids is 1. The molecule has 8 nitrogen and oxygen atoms in total. The molecule has 0 saturated carbocycles. The molecule has 0 bridgehead atoms. The van der Waals surface area contributed by atoms with Crippen LogP contribution in [0, 0.1) is 6.92 Å². The molecule has 0 aromatic carbocycles. The normalized spacial score (nSPS) is 15.9. The molecule has 1 aliphatic rings. The number of nitrogens with zero attached hydrogens (tertiary/aromatic N) is 5. The van der Waals surface area contributed by atoms with E-state index in [0.717, 1.165) is 43.7 Å². The van der Waals surface area contributed by atoms with Gasteiger partial charge in [0.2, 0.25) is 5.88 Å². The number of likely N-dealkylation sites (tertiary alicyclic amines) is 1.